The summed E-state index contributed by atoms with van der Waals surface area (Å²) in [5.74, 6) is 0.0844. The number of carbonyl (C=O) groups is 1. The van der Waals surface area contributed by atoms with Crippen LogP contribution in [0.25, 0.3) is 11.0 Å². The summed E-state index contributed by atoms with van der Waals surface area (Å²) in [6.07, 6.45) is 0.197. The van der Waals surface area contributed by atoms with Gasteiger partial charge in [-0.25, -0.2) is 9.37 Å². The molecule has 0 unspecified atom stereocenters. The Labute approximate surface area is 126 Å². The molecular weight excluding hydrogens is 299 g/mol. The smallest absolute Gasteiger partial charge is 0.307 e. The number of nitrogens with zero attached hydrogens (tertiary/aromatic N) is 2. The predicted molar refractivity (Wildman–Crippen MR) is 77.1 cm³/mol. The lowest BCUT2D eigenvalue weighted by atomic mass is 10.2. The summed E-state index contributed by atoms with van der Waals surface area (Å²) in [4.78, 5) is 15.8. The molecule has 1 aromatic heterocycles. The molecule has 0 saturated heterocycles. The zero-order valence-electron chi connectivity index (χ0n) is 11.9. The van der Waals surface area contributed by atoms with Crippen LogP contribution in [0.15, 0.2) is 12.1 Å². The number of ether oxygens (including phenoxy) is 2. The van der Waals surface area contributed by atoms with Crippen molar-refractivity contribution in [2.45, 2.75) is 25.8 Å². The van der Waals surface area contributed by atoms with Crippen LogP contribution in [0.1, 0.15) is 19.2 Å². The van der Waals surface area contributed by atoms with Crippen LogP contribution in [0.3, 0.4) is 0 Å². The molecule has 2 rings (SSSR count). The molecule has 7 heteroatoms. The summed E-state index contributed by atoms with van der Waals surface area (Å²) in [5, 5.41) is 0. The van der Waals surface area contributed by atoms with Gasteiger partial charge in [-0.2, -0.15) is 0 Å². The third kappa shape index (κ3) is 3.26. The summed E-state index contributed by atoms with van der Waals surface area (Å²) in [6, 6.07) is 2.85. The van der Waals surface area contributed by atoms with Gasteiger partial charge >= 0.3 is 5.97 Å². The highest BCUT2D eigenvalue weighted by Crippen LogP contribution is 2.26. The lowest BCUT2D eigenvalue weighted by molar-refractivity contribution is -0.143. The monoisotopic (exact) mass is 314 g/mol. The van der Waals surface area contributed by atoms with Gasteiger partial charge in [0.2, 0.25) is 0 Å². The van der Waals surface area contributed by atoms with Crippen molar-refractivity contribution >= 4 is 28.6 Å². The summed E-state index contributed by atoms with van der Waals surface area (Å²) in [5.41, 5.74) is 1.15. The SMILES string of the molecule is CCOC(=O)CCn1c(CCl)nc2cc(F)c(OC)cc21. The third-order valence-corrected chi connectivity index (χ3v) is 3.30. The fourth-order valence-corrected chi connectivity index (χ4v) is 2.32. The molecule has 5 nitrogen and oxygen atoms in total. The minimum atomic E-state index is -0.485. The molecule has 0 aliphatic heterocycles. The minimum absolute atomic E-state index is 0.126. The highest BCUT2D eigenvalue weighted by molar-refractivity contribution is 6.16. The van der Waals surface area contributed by atoms with E-state index in [4.69, 9.17) is 21.1 Å². The minimum Gasteiger partial charge on any atom is -0.494 e. The number of carbonyl (C=O) groups excluding carboxylic acids is 1. The highest BCUT2D eigenvalue weighted by atomic mass is 35.5. The molecule has 0 radical (unpaired) electrons. The van der Waals surface area contributed by atoms with Crippen LogP contribution in [0.2, 0.25) is 0 Å². The lowest BCUT2D eigenvalue weighted by Crippen LogP contribution is -2.10. The van der Waals surface area contributed by atoms with Crippen molar-refractivity contribution in [3.63, 3.8) is 0 Å². The molecule has 21 heavy (non-hydrogen) atoms. The van der Waals surface area contributed by atoms with Crippen molar-refractivity contribution in [2.24, 2.45) is 0 Å². The Morgan fingerprint density at radius 3 is 2.86 bits per heavy atom. The van der Waals surface area contributed by atoms with Gasteiger partial charge in [0.05, 0.1) is 37.1 Å². The molecular formula is C14H16ClFN2O3. The first kappa shape index (κ1) is 15.6. The van der Waals surface area contributed by atoms with E-state index in [0.717, 1.165) is 0 Å². The molecule has 1 heterocycles. The van der Waals surface area contributed by atoms with Gasteiger partial charge in [0.15, 0.2) is 11.6 Å². The van der Waals surface area contributed by atoms with E-state index < -0.39 is 5.82 Å². The average molecular weight is 315 g/mol. The number of methoxy groups -OCH3 is 1. The van der Waals surface area contributed by atoms with Crippen LogP contribution in [0, 0.1) is 5.82 Å². The third-order valence-electron chi connectivity index (χ3n) is 3.07. The number of aryl methyl sites for hydroxylation is 1. The first-order valence-corrected chi connectivity index (χ1v) is 7.08. The van der Waals surface area contributed by atoms with E-state index in [1.54, 1.807) is 17.6 Å². The van der Waals surface area contributed by atoms with E-state index in [1.807, 2.05) is 0 Å². The Morgan fingerprint density at radius 1 is 1.48 bits per heavy atom. The van der Waals surface area contributed by atoms with Crippen LogP contribution < -0.4 is 4.74 Å². The van der Waals surface area contributed by atoms with Gasteiger partial charge in [-0.05, 0) is 6.92 Å². The number of alkyl halides is 1. The number of rotatable bonds is 6. The highest BCUT2D eigenvalue weighted by Gasteiger charge is 2.15. The predicted octanol–water partition coefficient (Wildman–Crippen LogP) is 2.88. The molecule has 0 aliphatic rings. The van der Waals surface area contributed by atoms with Crippen molar-refractivity contribution in [1.82, 2.24) is 9.55 Å². The summed E-state index contributed by atoms with van der Waals surface area (Å²) < 4.78 is 25.4. The standard InChI is InChI=1S/C14H16ClFN2O3/c1-3-21-14(19)4-5-18-11-7-12(20-2)9(16)6-10(11)17-13(18)8-15/h6-7H,3-5,8H2,1-2H3. The van der Waals surface area contributed by atoms with E-state index >= 15 is 0 Å². The first-order chi connectivity index (χ1) is 10.1. The maximum Gasteiger partial charge on any atom is 0.307 e. The van der Waals surface area contributed by atoms with E-state index in [-0.39, 0.29) is 24.0 Å². The van der Waals surface area contributed by atoms with E-state index in [2.05, 4.69) is 4.98 Å². The Kier molecular flexibility index (Phi) is 5.01. The Bertz CT molecular complexity index is 657. The second-order valence-electron chi connectivity index (χ2n) is 4.34. The Morgan fingerprint density at radius 2 is 2.24 bits per heavy atom. The number of hydrogen-bond donors (Lipinski definition) is 0. The molecule has 0 bridgehead atoms. The van der Waals surface area contributed by atoms with Crippen molar-refractivity contribution in [3.05, 3.63) is 23.8 Å². The second-order valence-corrected chi connectivity index (χ2v) is 4.61. The molecule has 0 fully saturated rings. The van der Waals surface area contributed by atoms with Gasteiger partial charge < -0.3 is 14.0 Å². The fourth-order valence-electron chi connectivity index (χ4n) is 2.12. The molecule has 0 atom stereocenters. The van der Waals surface area contributed by atoms with E-state index in [1.165, 1.54) is 13.2 Å². The summed E-state index contributed by atoms with van der Waals surface area (Å²) >= 11 is 5.87. The molecule has 0 amide bonds. The molecule has 1 aromatic carbocycles. The van der Waals surface area contributed by atoms with Gasteiger partial charge in [0, 0.05) is 18.7 Å². The van der Waals surface area contributed by atoms with E-state index in [9.17, 15) is 9.18 Å². The van der Waals surface area contributed by atoms with Crippen LogP contribution >= 0.6 is 11.6 Å². The van der Waals surface area contributed by atoms with E-state index in [0.29, 0.717) is 30.0 Å². The molecule has 114 valence electrons. The second kappa shape index (κ2) is 6.76. The summed E-state index contributed by atoms with van der Waals surface area (Å²) in [6.45, 7) is 2.46. The number of hydrogen-bond acceptors (Lipinski definition) is 4. The van der Waals surface area contributed by atoms with Crippen LogP contribution in [0.4, 0.5) is 4.39 Å². The first-order valence-electron chi connectivity index (χ1n) is 6.55. The number of benzene rings is 1. The number of halogens is 2. The van der Waals surface area contributed by atoms with Gasteiger partial charge in [-0.15, -0.1) is 11.6 Å². The normalized spacial score (nSPS) is 10.9. The van der Waals surface area contributed by atoms with Crippen molar-refractivity contribution in [3.8, 4) is 5.75 Å². The quantitative estimate of drug-likeness (QED) is 0.608. The van der Waals surface area contributed by atoms with Gasteiger partial charge in [-0.1, -0.05) is 0 Å². The Hall–Kier alpha value is -1.82. The van der Waals surface area contributed by atoms with Crippen molar-refractivity contribution in [2.75, 3.05) is 13.7 Å². The van der Waals surface area contributed by atoms with Gasteiger partial charge in [-0.3, -0.25) is 4.79 Å². The van der Waals surface area contributed by atoms with Crippen LogP contribution in [-0.4, -0.2) is 29.2 Å². The van der Waals surface area contributed by atoms with Crippen molar-refractivity contribution in [1.29, 1.82) is 0 Å². The van der Waals surface area contributed by atoms with Gasteiger partial charge in [0.1, 0.15) is 5.82 Å². The van der Waals surface area contributed by atoms with Crippen LogP contribution in [0.5, 0.6) is 5.75 Å². The maximum absolute atomic E-state index is 13.7. The summed E-state index contributed by atoms with van der Waals surface area (Å²) in [7, 11) is 1.39. The molecule has 2 aromatic rings. The lowest BCUT2D eigenvalue weighted by Gasteiger charge is -2.08. The maximum atomic E-state index is 13.7. The molecule has 0 aliphatic carbocycles. The Balaban J connectivity index is 2.37. The molecule has 0 N–H and O–H groups in total. The number of esters is 1. The van der Waals surface area contributed by atoms with Crippen molar-refractivity contribution < 1.29 is 18.7 Å². The zero-order chi connectivity index (χ0) is 15.4. The fraction of sp³-hybridized carbons (Fsp3) is 0.429. The molecule has 0 spiro atoms. The average Bonchev–Trinajstić information content (AvgIpc) is 2.81. The molecule has 0 saturated carbocycles. The van der Waals surface area contributed by atoms with Gasteiger partial charge in [0.25, 0.3) is 0 Å². The zero-order valence-corrected chi connectivity index (χ0v) is 12.6. The number of imidazole rings is 1. The largest absolute Gasteiger partial charge is 0.494 e. The topological polar surface area (TPSA) is 53.4 Å². The number of fused-ring (bicyclic) bond motifs is 1. The van der Waals surface area contributed by atoms with Crippen LogP contribution in [-0.2, 0) is 22.0 Å². The number of aromatic nitrogens is 2.